The lowest BCUT2D eigenvalue weighted by Gasteiger charge is -2.35. The highest BCUT2D eigenvalue weighted by Crippen LogP contribution is 2.32. The molecule has 1 aliphatic carbocycles. The first-order valence-corrected chi connectivity index (χ1v) is 9.65. The van der Waals surface area contributed by atoms with Crippen LogP contribution >= 0.6 is 11.6 Å². The number of benzene rings is 1. The third-order valence-corrected chi connectivity index (χ3v) is 5.88. The second-order valence-electron chi connectivity index (χ2n) is 7.17. The van der Waals surface area contributed by atoms with Gasteiger partial charge in [-0.2, -0.15) is 0 Å². The standard InChI is InChI=1S/C19H28ClN3O2/c1-25-17-11-15(21)14(20)10-13(17)19(24)23-18(16-8-5-9-22-16)12-6-3-2-4-7-12/h10-12,16,18,22H,2-9,21H2,1H3,(H,23,24). The Morgan fingerprint density at radius 3 is 2.68 bits per heavy atom. The van der Waals surface area contributed by atoms with Gasteiger partial charge in [-0.3, -0.25) is 4.79 Å². The van der Waals surface area contributed by atoms with Crippen molar-refractivity contribution in [1.82, 2.24) is 10.6 Å². The highest BCUT2D eigenvalue weighted by Gasteiger charge is 2.34. The molecule has 2 aliphatic rings. The summed E-state index contributed by atoms with van der Waals surface area (Å²) in [6, 6.07) is 3.71. The maximum Gasteiger partial charge on any atom is 0.255 e. The molecular weight excluding hydrogens is 338 g/mol. The number of hydrogen-bond donors (Lipinski definition) is 3. The molecule has 1 saturated carbocycles. The second kappa shape index (κ2) is 8.28. The molecule has 2 unspecified atom stereocenters. The van der Waals surface area contributed by atoms with E-state index in [-0.39, 0.29) is 11.9 Å². The van der Waals surface area contributed by atoms with Crippen molar-refractivity contribution >= 4 is 23.2 Å². The van der Waals surface area contributed by atoms with E-state index in [0.29, 0.717) is 34.0 Å². The van der Waals surface area contributed by atoms with Crippen molar-refractivity contribution in [2.75, 3.05) is 19.4 Å². The second-order valence-corrected chi connectivity index (χ2v) is 7.58. The number of rotatable bonds is 5. The van der Waals surface area contributed by atoms with E-state index < -0.39 is 0 Å². The van der Waals surface area contributed by atoms with Gasteiger partial charge in [0.25, 0.3) is 5.91 Å². The molecule has 6 heteroatoms. The monoisotopic (exact) mass is 365 g/mol. The van der Waals surface area contributed by atoms with Crippen molar-refractivity contribution in [3.8, 4) is 5.75 Å². The number of carbonyl (C=O) groups excluding carboxylic acids is 1. The molecule has 0 aromatic heterocycles. The molecule has 1 aliphatic heterocycles. The molecule has 1 heterocycles. The maximum atomic E-state index is 13.0. The molecule has 1 amide bonds. The summed E-state index contributed by atoms with van der Waals surface area (Å²) in [7, 11) is 1.54. The first kappa shape index (κ1) is 18.3. The van der Waals surface area contributed by atoms with Crippen molar-refractivity contribution < 1.29 is 9.53 Å². The highest BCUT2D eigenvalue weighted by atomic mass is 35.5. The molecule has 138 valence electrons. The predicted octanol–water partition coefficient (Wildman–Crippen LogP) is 3.36. The van der Waals surface area contributed by atoms with Crippen molar-refractivity contribution in [1.29, 1.82) is 0 Å². The molecule has 25 heavy (non-hydrogen) atoms. The number of nitrogens with one attached hydrogen (secondary N) is 2. The lowest BCUT2D eigenvalue weighted by molar-refractivity contribution is 0.0894. The van der Waals surface area contributed by atoms with Crippen LogP contribution in [0.1, 0.15) is 55.3 Å². The fraction of sp³-hybridized carbons (Fsp3) is 0.632. The van der Waals surface area contributed by atoms with E-state index in [4.69, 9.17) is 22.1 Å². The van der Waals surface area contributed by atoms with Crippen LogP contribution in [0.5, 0.6) is 5.75 Å². The van der Waals surface area contributed by atoms with Gasteiger partial charge in [-0.1, -0.05) is 30.9 Å². The topological polar surface area (TPSA) is 76.4 Å². The Morgan fingerprint density at radius 2 is 2.04 bits per heavy atom. The lowest BCUT2D eigenvalue weighted by Crippen LogP contribution is -2.52. The SMILES string of the molecule is COc1cc(N)c(Cl)cc1C(=O)NC(C1CCCCC1)C1CCCN1. The number of anilines is 1. The van der Waals surface area contributed by atoms with Crippen molar-refractivity contribution in [3.05, 3.63) is 22.7 Å². The van der Waals surface area contributed by atoms with Gasteiger partial charge < -0.3 is 21.1 Å². The zero-order chi connectivity index (χ0) is 17.8. The predicted molar refractivity (Wildman–Crippen MR) is 101 cm³/mol. The van der Waals surface area contributed by atoms with Gasteiger partial charge in [0.1, 0.15) is 5.75 Å². The minimum absolute atomic E-state index is 0.136. The van der Waals surface area contributed by atoms with Crippen LogP contribution in [0.15, 0.2) is 12.1 Å². The average molecular weight is 366 g/mol. The molecule has 5 nitrogen and oxygen atoms in total. The molecule has 2 fully saturated rings. The quantitative estimate of drug-likeness (QED) is 0.699. The van der Waals surface area contributed by atoms with Crippen LogP contribution in [0.2, 0.25) is 5.02 Å². The maximum absolute atomic E-state index is 13.0. The van der Waals surface area contributed by atoms with Crippen LogP contribution < -0.4 is 21.1 Å². The van der Waals surface area contributed by atoms with Crippen molar-refractivity contribution in [2.24, 2.45) is 5.92 Å². The molecule has 1 saturated heterocycles. The van der Waals surface area contributed by atoms with E-state index in [1.165, 1.54) is 45.6 Å². The molecule has 1 aromatic rings. The Labute approximate surface area is 154 Å². The summed E-state index contributed by atoms with van der Waals surface area (Å²) in [6.07, 6.45) is 8.45. The smallest absolute Gasteiger partial charge is 0.255 e. The first-order valence-electron chi connectivity index (χ1n) is 9.27. The van der Waals surface area contributed by atoms with Crippen LogP contribution in [0, 0.1) is 5.92 Å². The normalized spacial score (nSPS) is 22.6. The van der Waals surface area contributed by atoms with Crippen LogP contribution in [-0.2, 0) is 0 Å². The van der Waals surface area contributed by atoms with E-state index >= 15 is 0 Å². The molecule has 3 rings (SSSR count). The molecule has 0 spiro atoms. The summed E-state index contributed by atoms with van der Waals surface area (Å²) in [5, 5.41) is 7.23. The summed E-state index contributed by atoms with van der Waals surface area (Å²) in [5.41, 5.74) is 6.69. The molecule has 4 N–H and O–H groups in total. The number of carbonyl (C=O) groups is 1. The fourth-order valence-electron chi connectivity index (χ4n) is 4.20. The van der Waals surface area contributed by atoms with Gasteiger partial charge in [0.2, 0.25) is 0 Å². The highest BCUT2D eigenvalue weighted by molar-refractivity contribution is 6.33. The summed E-state index contributed by atoms with van der Waals surface area (Å²) in [6.45, 7) is 1.03. The Hall–Kier alpha value is -1.46. The summed E-state index contributed by atoms with van der Waals surface area (Å²) < 4.78 is 5.34. The number of methoxy groups -OCH3 is 1. The van der Waals surface area contributed by atoms with Gasteiger partial charge >= 0.3 is 0 Å². The zero-order valence-corrected chi connectivity index (χ0v) is 15.6. The van der Waals surface area contributed by atoms with Gasteiger partial charge in [-0.05, 0) is 44.2 Å². The summed E-state index contributed by atoms with van der Waals surface area (Å²) in [4.78, 5) is 13.0. The first-order chi connectivity index (χ1) is 12.1. The molecule has 1 aromatic carbocycles. The number of nitrogen functional groups attached to an aromatic ring is 1. The van der Waals surface area contributed by atoms with Crippen LogP contribution in [-0.4, -0.2) is 31.6 Å². The van der Waals surface area contributed by atoms with Crippen LogP contribution in [0.4, 0.5) is 5.69 Å². The molecule has 0 bridgehead atoms. The number of ether oxygens (including phenoxy) is 1. The zero-order valence-electron chi connectivity index (χ0n) is 14.8. The van der Waals surface area contributed by atoms with Gasteiger partial charge in [0, 0.05) is 18.2 Å². The van der Waals surface area contributed by atoms with Gasteiger partial charge in [-0.25, -0.2) is 0 Å². The van der Waals surface area contributed by atoms with E-state index in [0.717, 1.165) is 13.0 Å². The Balaban J connectivity index is 1.81. The number of hydrogen-bond acceptors (Lipinski definition) is 4. The minimum atomic E-state index is -0.136. The summed E-state index contributed by atoms with van der Waals surface area (Å²) >= 11 is 6.13. The average Bonchev–Trinajstić information content (AvgIpc) is 3.16. The van der Waals surface area contributed by atoms with Crippen LogP contribution in [0.3, 0.4) is 0 Å². The van der Waals surface area contributed by atoms with E-state index in [1.807, 2.05) is 0 Å². The minimum Gasteiger partial charge on any atom is -0.496 e. The lowest BCUT2D eigenvalue weighted by atomic mass is 9.80. The fourth-order valence-corrected chi connectivity index (χ4v) is 4.37. The largest absolute Gasteiger partial charge is 0.496 e. The number of halogens is 1. The molecule has 0 radical (unpaired) electrons. The van der Waals surface area contributed by atoms with Crippen molar-refractivity contribution in [3.63, 3.8) is 0 Å². The Kier molecular flexibility index (Phi) is 6.07. The van der Waals surface area contributed by atoms with E-state index in [1.54, 1.807) is 12.1 Å². The number of amides is 1. The Bertz CT molecular complexity index is 611. The van der Waals surface area contributed by atoms with Gasteiger partial charge in [-0.15, -0.1) is 0 Å². The summed E-state index contributed by atoms with van der Waals surface area (Å²) in [5.74, 6) is 0.854. The van der Waals surface area contributed by atoms with Gasteiger partial charge in [0.05, 0.1) is 23.4 Å². The van der Waals surface area contributed by atoms with Crippen LogP contribution in [0.25, 0.3) is 0 Å². The van der Waals surface area contributed by atoms with Crippen molar-refractivity contribution in [2.45, 2.75) is 57.0 Å². The third kappa shape index (κ3) is 4.21. The number of nitrogens with two attached hydrogens (primary N) is 1. The Morgan fingerprint density at radius 1 is 1.28 bits per heavy atom. The third-order valence-electron chi connectivity index (χ3n) is 5.55. The van der Waals surface area contributed by atoms with E-state index in [2.05, 4.69) is 10.6 Å². The molecule has 2 atom stereocenters. The molecular formula is C19H28ClN3O2. The van der Waals surface area contributed by atoms with Gasteiger partial charge in [0.15, 0.2) is 0 Å². The van der Waals surface area contributed by atoms with E-state index in [9.17, 15) is 4.79 Å².